The fraction of sp³-hybridized carbons (Fsp3) is 0.440. The molecule has 0 bridgehead atoms. The molecule has 0 amide bonds. The van der Waals surface area contributed by atoms with Gasteiger partial charge in [0.25, 0.3) is 0 Å². The Kier molecular flexibility index (Phi) is 6.66. The van der Waals surface area contributed by atoms with E-state index in [0.29, 0.717) is 11.5 Å². The Bertz CT molecular complexity index is 718. The van der Waals surface area contributed by atoms with Crippen LogP contribution in [-0.2, 0) is 6.42 Å². The van der Waals surface area contributed by atoms with Crippen molar-refractivity contribution in [3.05, 3.63) is 70.5 Å². The third-order valence-corrected chi connectivity index (χ3v) is 5.88. The van der Waals surface area contributed by atoms with Gasteiger partial charge in [-0.15, -0.1) is 0 Å². The first-order valence-electron chi connectivity index (χ1n) is 10.3. The van der Waals surface area contributed by atoms with E-state index in [1.54, 1.807) is 6.07 Å². The van der Waals surface area contributed by atoms with Crippen LogP contribution in [0.25, 0.3) is 12.2 Å². The summed E-state index contributed by atoms with van der Waals surface area (Å²) in [5.74, 6) is 1.33. The number of hydrogen-bond donors (Lipinski definition) is 0. The van der Waals surface area contributed by atoms with Crippen LogP contribution in [0.2, 0.25) is 0 Å². The molecule has 1 aliphatic carbocycles. The molecule has 1 aliphatic rings. The Morgan fingerprint density at radius 3 is 2.27 bits per heavy atom. The minimum Gasteiger partial charge on any atom is -0.206 e. The minimum absolute atomic E-state index is 0.0976. The average molecular weight is 351 g/mol. The Labute approximate surface area is 158 Å². The number of aryl methyl sites for hydroxylation is 1. The van der Waals surface area contributed by atoms with Crippen molar-refractivity contribution in [2.75, 3.05) is 0 Å². The molecule has 0 radical (unpaired) electrons. The summed E-state index contributed by atoms with van der Waals surface area (Å²) in [6.07, 6.45) is 12.6. The third-order valence-electron chi connectivity index (χ3n) is 5.88. The molecule has 1 saturated carbocycles. The second-order valence-corrected chi connectivity index (χ2v) is 7.72. The predicted octanol–water partition coefficient (Wildman–Crippen LogP) is 7.63. The summed E-state index contributed by atoms with van der Waals surface area (Å²) in [5.41, 5.74) is 4.29. The van der Waals surface area contributed by atoms with E-state index >= 15 is 0 Å². The molecule has 3 rings (SSSR count). The van der Waals surface area contributed by atoms with E-state index in [1.807, 2.05) is 18.2 Å². The van der Waals surface area contributed by atoms with Gasteiger partial charge in [0.1, 0.15) is 5.82 Å². The number of hydrogen-bond acceptors (Lipinski definition) is 0. The van der Waals surface area contributed by atoms with Crippen molar-refractivity contribution >= 4 is 12.2 Å². The van der Waals surface area contributed by atoms with Gasteiger partial charge >= 0.3 is 0 Å². The molecule has 26 heavy (non-hydrogen) atoms. The molecule has 0 heterocycles. The molecule has 0 unspecified atom stereocenters. The van der Waals surface area contributed by atoms with Gasteiger partial charge in [0.2, 0.25) is 0 Å². The lowest BCUT2D eigenvalue weighted by atomic mass is 9.77. The topological polar surface area (TPSA) is 0 Å². The zero-order valence-corrected chi connectivity index (χ0v) is 16.2. The molecule has 0 aliphatic heterocycles. The molecule has 0 nitrogen and oxygen atoms in total. The maximum atomic E-state index is 14.6. The van der Waals surface area contributed by atoms with Crippen LogP contribution in [0.3, 0.4) is 0 Å². The van der Waals surface area contributed by atoms with Crippen LogP contribution in [0.4, 0.5) is 4.39 Å². The van der Waals surface area contributed by atoms with Crippen LogP contribution in [0, 0.1) is 11.7 Å². The molecule has 1 heteroatoms. The van der Waals surface area contributed by atoms with E-state index in [2.05, 4.69) is 44.2 Å². The largest absolute Gasteiger partial charge is 0.206 e. The molecule has 0 atom stereocenters. The van der Waals surface area contributed by atoms with Crippen molar-refractivity contribution in [1.82, 2.24) is 0 Å². The first-order valence-corrected chi connectivity index (χ1v) is 10.3. The van der Waals surface area contributed by atoms with Crippen LogP contribution in [0.15, 0.2) is 42.5 Å². The second-order valence-electron chi connectivity index (χ2n) is 7.72. The van der Waals surface area contributed by atoms with Gasteiger partial charge in [-0.3, -0.25) is 0 Å². The quantitative estimate of drug-likeness (QED) is 0.470. The van der Waals surface area contributed by atoms with Gasteiger partial charge in [-0.2, -0.15) is 0 Å². The van der Waals surface area contributed by atoms with Gasteiger partial charge in [0.05, 0.1) is 0 Å². The lowest BCUT2D eigenvalue weighted by Crippen LogP contribution is -2.13. The predicted molar refractivity (Wildman–Crippen MR) is 111 cm³/mol. The summed E-state index contributed by atoms with van der Waals surface area (Å²) in [5, 5.41) is 0. The summed E-state index contributed by atoms with van der Waals surface area (Å²) in [4.78, 5) is 0. The van der Waals surface area contributed by atoms with Crippen molar-refractivity contribution in [2.45, 2.75) is 64.7 Å². The van der Waals surface area contributed by atoms with Crippen LogP contribution in [0.5, 0.6) is 0 Å². The fourth-order valence-corrected chi connectivity index (χ4v) is 4.18. The van der Waals surface area contributed by atoms with Crippen molar-refractivity contribution in [1.29, 1.82) is 0 Å². The molecular formula is C25H31F. The van der Waals surface area contributed by atoms with Gasteiger partial charge in [-0.25, -0.2) is 4.39 Å². The molecule has 138 valence electrons. The molecule has 0 aromatic heterocycles. The minimum atomic E-state index is -0.0976. The van der Waals surface area contributed by atoms with E-state index in [1.165, 1.54) is 49.7 Å². The molecule has 0 N–H and O–H groups in total. The summed E-state index contributed by atoms with van der Waals surface area (Å²) in [7, 11) is 0. The highest BCUT2D eigenvalue weighted by Crippen LogP contribution is 2.37. The molecular weight excluding hydrogens is 319 g/mol. The smallest absolute Gasteiger partial charge is 0.130 e. The van der Waals surface area contributed by atoms with Crippen molar-refractivity contribution in [3.8, 4) is 0 Å². The average Bonchev–Trinajstić information content (AvgIpc) is 2.68. The first kappa shape index (κ1) is 18.9. The normalized spacial score (nSPS) is 20.6. The van der Waals surface area contributed by atoms with Crippen molar-refractivity contribution < 1.29 is 4.39 Å². The maximum Gasteiger partial charge on any atom is 0.130 e. The Morgan fingerprint density at radius 1 is 0.923 bits per heavy atom. The van der Waals surface area contributed by atoms with Crippen molar-refractivity contribution in [2.24, 2.45) is 5.92 Å². The second kappa shape index (κ2) is 9.16. The summed E-state index contributed by atoms with van der Waals surface area (Å²) in [6.45, 7) is 4.42. The highest BCUT2D eigenvalue weighted by Gasteiger charge is 2.22. The Morgan fingerprint density at radius 2 is 1.65 bits per heavy atom. The van der Waals surface area contributed by atoms with Crippen LogP contribution >= 0.6 is 0 Å². The third kappa shape index (κ3) is 4.84. The van der Waals surface area contributed by atoms with Gasteiger partial charge in [-0.1, -0.05) is 75.2 Å². The Hall–Kier alpha value is -1.89. The Balaban J connectivity index is 1.64. The van der Waals surface area contributed by atoms with E-state index in [9.17, 15) is 4.39 Å². The van der Waals surface area contributed by atoms with E-state index in [0.717, 1.165) is 17.9 Å². The SMILES string of the molecule is CCC[C@H]1CC[C@H](c2ccc(/C=C/c3ccc(CC)cc3)c(F)c2)CC1. The highest BCUT2D eigenvalue weighted by molar-refractivity contribution is 5.70. The van der Waals surface area contributed by atoms with Crippen molar-refractivity contribution in [3.63, 3.8) is 0 Å². The standard InChI is InChI=1S/C25H31F/c1-3-5-20-10-13-22(14-11-20)24-17-16-23(25(26)18-24)15-12-21-8-6-19(4-2)7-9-21/h6-9,12,15-18,20,22H,3-5,10-11,13-14H2,1-2H3/b15-12+/t20-,22-. The lowest BCUT2D eigenvalue weighted by molar-refractivity contribution is 0.308. The summed E-state index contributed by atoms with van der Waals surface area (Å²) in [6, 6.07) is 14.3. The number of benzene rings is 2. The maximum absolute atomic E-state index is 14.6. The molecule has 0 saturated heterocycles. The fourth-order valence-electron chi connectivity index (χ4n) is 4.18. The van der Waals surface area contributed by atoms with Gasteiger partial charge in [0.15, 0.2) is 0 Å². The zero-order chi connectivity index (χ0) is 18.4. The van der Waals surface area contributed by atoms with E-state index < -0.39 is 0 Å². The highest BCUT2D eigenvalue weighted by atomic mass is 19.1. The van der Waals surface area contributed by atoms with Crippen LogP contribution in [-0.4, -0.2) is 0 Å². The number of rotatable bonds is 6. The first-order chi connectivity index (χ1) is 12.7. The molecule has 0 spiro atoms. The zero-order valence-electron chi connectivity index (χ0n) is 16.2. The van der Waals surface area contributed by atoms with E-state index in [-0.39, 0.29) is 5.82 Å². The van der Waals surface area contributed by atoms with Gasteiger partial charge in [-0.05, 0) is 66.7 Å². The van der Waals surface area contributed by atoms with Crippen LogP contribution in [0.1, 0.15) is 80.5 Å². The number of halogens is 1. The van der Waals surface area contributed by atoms with Crippen LogP contribution < -0.4 is 0 Å². The summed E-state index contributed by atoms with van der Waals surface area (Å²) >= 11 is 0. The van der Waals surface area contributed by atoms with E-state index in [4.69, 9.17) is 0 Å². The lowest BCUT2D eigenvalue weighted by Gasteiger charge is -2.28. The molecule has 2 aromatic carbocycles. The monoisotopic (exact) mass is 350 g/mol. The van der Waals surface area contributed by atoms with Gasteiger partial charge < -0.3 is 0 Å². The molecule has 2 aromatic rings. The molecule has 1 fully saturated rings. The van der Waals surface area contributed by atoms with Gasteiger partial charge in [0, 0.05) is 5.56 Å². The summed E-state index contributed by atoms with van der Waals surface area (Å²) < 4.78 is 14.6.